The Bertz CT molecular complexity index is 1340. The number of benzene rings is 3. The molecule has 1 aliphatic heterocycles. The Kier molecular flexibility index (Phi) is 8.29. The molecule has 4 rings (SSSR count). The van der Waals surface area contributed by atoms with E-state index in [0.29, 0.717) is 37.8 Å². The quantitative estimate of drug-likeness (QED) is 0.261. The lowest BCUT2D eigenvalue weighted by molar-refractivity contribution is -0.118. The number of hydrogen-bond acceptors (Lipinski definition) is 7. The maximum absolute atomic E-state index is 13.0. The van der Waals surface area contributed by atoms with Crippen molar-refractivity contribution in [2.75, 3.05) is 31.0 Å². The molecule has 184 valence electrons. The molecule has 0 atom stereocenters. The van der Waals surface area contributed by atoms with E-state index in [1.54, 1.807) is 42.5 Å². The summed E-state index contributed by atoms with van der Waals surface area (Å²) in [5, 5.41) is 2.76. The van der Waals surface area contributed by atoms with Gasteiger partial charge in [0, 0.05) is 4.47 Å². The van der Waals surface area contributed by atoms with Crippen molar-refractivity contribution in [2.45, 2.75) is 0 Å². The van der Waals surface area contributed by atoms with Crippen molar-refractivity contribution in [1.82, 2.24) is 0 Å². The number of thiocarbonyl (C=S) groups is 1. The van der Waals surface area contributed by atoms with Crippen LogP contribution in [0.3, 0.4) is 0 Å². The number of nitrogens with zero attached hydrogens (tertiary/aromatic N) is 1. The number of para-hydroxylation sites is 2. The van der Waals surface area contributed by atoms with Crippen LogP contribution in [0.25, 0.3) is 6.08 Å². The number of carbonyl (C=O) groups excluding carboxylic acids is 2. The Morgan fingerprint density at radius 3 is 2.47 bits per heavy atom. The molecule has 0 radical (unpaired) electrons. The number of thioether (sulfide) groups is 1. The van der Waals surface area contributed by atoms with Gasteiger partial charge < -0.3 is 19.5 Å². The number of halogens is 1. The molecule has 1 saturated heterocycles. The molecular weight excluding hydrogens is 564 g/mol. The van der Waals surface area contributed by atoms with E-state index in [9.17, 15) is 9.59 Å². The molecule has 10 heteroatoms. The lowest BCUT2D eigenvalue weighted by Crippen LogP contribution is -2.27. The maximum Gasteiger partial charge on any atom is 0.270 e. The van der Waals surface area contributed by atoms with Crippen LogP contribution in [0.5, 0.6) is 17.2 Å². The fourth-order valence-corrected chi connectivity index (χ4v) is 4.97. The van der Waals surface area contributed by atoms with E-state index >= 15 is 0 Å². The predicted molar refractivity (Wildman–Crippen MR) is 150 cm³/mol. The van der Waals surface area contributed by atoms with E-state index in [1.165, 1.54) is 30.9 Å². The van der Waals surface area contributed by atoms with Gasteiger partial charge in [-0.3, -0.25) is 14.5 Å². The number of carbonyl (C=O) groups is 2. The zero-order chi connectivity index (χ0) is 25.7. The van der Waals surface area contributed by atoms with E-state index in [-0.39, 0.29) is 18.4 Å². The van der Waals surface area contributed by atoms with Crippen molar-refractivity contribution in [1.29, 1.82) is 0 Å². The minimum atomic E-state index is -0.345. The van der Waals surface area contributed by atoms with Crippen LogP contribution in [0.15, 0.2) is 76.1 Å². The van der Waals surface area contributed by atoms with Crippen LogP contribution in [0.4, 0.5) is 11.4 Å². The van der Waals surface area contributed by atoms with Crippen LogP contribution in [0.2, 0.25) is 0 Å². The highest BCUT2D eigenvalue weighted by Crippen LogP contribution is 2.37. The normalized spacial score (nSPS) is 14.2. The molecule has 1 heterocycles. The van der Waals surface area contributed by atoms with Crippen LogP contribution in [0.1, 0.15) is 5.56 Å². The van der Waals surface area contributed by atoms with Gasteiger partial charge in [-0.2, -0.15) is 0 Å². The van der Waals surface area contributed by atoms with Crippen LogP contribution in [-0.2, 0) is 9.59 Å². The minimum absolute atomic E-state index is 0.195. The van der Waals surface area contributed by atoms with Gasteiger partial charge >= 0.3 is 0 Å². The highest BCUT2D eigenvalue weighted by atomic mass is 79.9. The van der Waals surface area contributed by atoms with Gasteiger partial charge in [0.15, 0.2) is 22.4 Å². The summed E-state index contributed by atoms with van der Waals surface area (Å²) in [7, 11) is 3.04. The van der Waals surface area contributed by atoms with Crippen LogP contribution in [0, 0.1) is 0 Å². The molecular formula is C26H21BrN2O5S2. The summed E-state index contributed by atoms with van der Waals surface area (Å²) >= 11 is 10.1. The van der Waals surface area contributed by atoms with E-state index in [2.05, 4.69) is 21.2 Å². The van der Waals surface area contributed by atoms with Gasteiger partial charge in [0.1, 0.15) is 5.75 Å². The molecule has 3 aromatic rings. The van der Waals surface area contributed by atoms with E-state index in [0.717, 1.165) is 10.0 Å². The zero-order valence-electron chi connectivity index (χ0n) is 19.3. The molecule has 1 fully saturated rings. The SMILES string of the molecule is COc1ccccc1NC(=O)COc1ccc(/C=C2\SC(=S)N(c3ccc(Br)cc3)C2=O)cc1OC. The van der Waals surface area contributed by atoms with Gasteiger partial charge in [-0.05, 0) is 60.2 Å². The second-order valence-electron chi connectivity index (χ2n) is 7.44. The third kappa shape index (κ3) is 5.89. The van der Waals surface area contributed by atoms with Crippen molar-refractivity contribution in [3.63, 3.8) is 0 Å². The lowest BCUT2D eigenvalue weighted by Gasteiger charge is -2.14. The van der Waals surface area contributed by atoms with Crippen molar-refractivity contribution in [2.24, 2.45) is 0 Å². The van der Waals surface area contributed by atoms with Gasteiger partial charge in [0.25, 0.3) is 11.8 Å². The first-order valence-corrected chi connectivity index (χ1v) is 12.7. The third-order valence-electron chi connectivity index (χ3n) is 5.10. The Labute approximate surface area is 226 Å². The lowest BCUT2D eigenvalue weighted by atomic mass is 10.2. The molecule has 0 saturated carbocycles. The van der Waals surface area contributed by atoms with Crippen molar-refractivity contribution < 1.29 is 23.8 Å². The molecule has 1 N–H and O–H groups in total. The van der Waals surface area contributed by atoms with Gasteiger partial charge in [0.05, 0.1) is 30.5 Å². The number of rotatable bonds is 8. The molecule has 0 aromatic heterocycles. The number of anilines is 2. The maximum atomic E-state index is 13.0. The topological polar surface area (TPSA) is 77.1 Å². The average molecular weight is 586 g/mol. The first-order valence-electron chi connectivity index (χ1n) is 10.7. The third-order valence-corrected chi connectivity index (χ3v) is 6.93. The number of nitrogens with one attached hydrogen (secondary N) is 1. The van der Waals surface area contributed by atoms with Gasteiger partial charge in [-0.25, -0.2) is 0 Å². The molecule has 7 nitrogen and oxygen atoms in total. The second kappa shape index (κ2) is 11.6. The highest BCUT2D eigenvalue weighted by molar-refractivity contribution is 9.10. The zero-order valence-corrected chi connectivity index (χ0v) is 22.5. The fraction of sp³-hybridized carbons (Fsp3) is 0.115. The predicted octanol–water partition coefficient (Wildman–Crippen LogP) is 5.89. The number of hydrogen-bond donors (Lipinski definition) is 1. The standard InChI is InChI=1S/C26H21BrN2O5S2/c1-32-20-6-4-3-5-19(20)28-24(30)15-34-21-12-7-16(13-22(21)33-2)14-23-25(31)29(26(35)36-23)18-10-8-17(27)9-11-18/h3-14H,15H2,1-2H3,(H,28,30)/b23-14-. The van der Waals surface area contributed by atoms with Crippen molar-refractivity contribution in [3.05, 3.63) is 81.7 Å². The fourth-order valence-electron chi connectivity index (χ4n) is 3.40. The number of amides is 2. The van der Waals surface area contributed by atoms with Crippen LogP contribution >= 0.6 is 39.9 Å². The van der Waals surface area contributed by atoms with Gasteiger partial charge in [0.2, 0.25) is 0 Å². The molecule has 36 heavy (non-hydrogen) atoms. The highest BCUT2D eigenvalue weighted by Gasteiger charge is 2.33. The van der Waals surface area contributed by atoms with Crippen LogP contribution < -0.4 is 24.4 Å². The molecule has 1 aliphatic rings. The molecule has 0 spiro atoms. The van der Waals surface area contributed by atoms with E-state index < -0.39 is 0 Å². The van der Waals surface area contributed by atoms with Crippen molar-refractivity contribution >= 4 is 73.5 Å². The first-order chi connectivity index (χ1) is 17.4. The number of ether oxygens (including phenoxy) is 3. The monoisotopic (exact) mass is 584 g/mol. The summed E-state index contributed by atoms with van der Waals surface area (Å²) in [4.78, 5) is 27.4. The molecule has 0 bridgehead atoms. The minimum Gasteiger partial charge on any atom is -0.495 e. The Balaban J connectivity index is 1.45. The molecule has 2 amide bonds. The van der Waals surface area contributed by atoms with E-state index in [4.69, 9.17) is 26.4 Å². The van der Waals surface area contributed by atoms with Crippen LogP contribution in [-0.4, -0.2) is 37.0 Å². The molecule has 0 unspecified atom stereocenters. The summed E-state index contributed by atoms with van der Waals surface area (Å²) in [6.45, 7) is -0.223. The second-order valence-corrected chi connectivity index (χ2v) is 10.0. The van der Waals surface area contributed by atoms with Gasteiger partial charge in [-0.1, -0.05) is 58.1 Å². The largest absolute Gasteiger partial charge is 0.495 e. The van der Waals surface area contributed by atoms with E-state index in [1.807, 2.05) is 30.3 Å². The smallest absolute Gasteiger partial charge is 0.270 e. The summed E-state index contributed by atoms with van der Waals surface area (Å²) in [6.07, 6.45) is 1.75. The summed E-state index contributed by atoms with van der Waals surface area (Å²) < 4.78 is 17.7. The van der Waals surface area contributed by atoms with Crippen molar-refractivity contribution in [3.8, 4) is 17.2 Å². The molecule has 3 aromatic carbocycles. The van der Waals surface area contributed by atoms with Gasteiger partial charge in [-0.15, -0.1) is 0 Å². The Morgan fingerprint density at radius 1 is 1.03 bits per heavy atom. The summed E-state index contributed by atoms with van der Waals surface area (Å²) in [5.74, 6) is 0.838. The molecule has 0 aliphatic carbocycles. The summed E-state index contributed by atoms with van der Waals surface area (Å²) in [6, 6.07) is 19.7. The first kappa shape index (κ1) is 25.7. The Morgan fingerprint density at radius 2 is 1.75 bits per heavy atom. The average Bonchev–Trinajstić information content (AvgIpc) is 3.16. The number of methoxy groups -OCH3 is 2. The summed E-state index contributed by atoms with van der Waals surface area (Å²) in [5.41, 5.74) is 1.99. The Hall–Kier alpha value is -3.34.